The van der Waals surface area contributed by atoms with E-state index in [0.717, 1.165) is 0 Å². The van der Waals surface area contributed by atoms with Crippen LogP contribution in [0.4, 0.5) is 13.2 Å². The van der Waals surface area contributed by atoms with Crippen molar-refractivity contribution in [1.29, 1.82) is 0 Å². The zero-order chi connectivity index (χ0) is 12.1. The Morgan fingerprint density at radius 3 is 2.27 bits per heavy atom. The first-order chi connectivity index (χ1) is 6.66. The summed E-state index contributed by atoms with van der Waals surface area (Å²) in [7, 11) is -4.10. The third-order valence-electron chi connectivity index (χ3n) is 1.49. The predicted octanol–water partition coefficient (Wildman–Crippen LogP) is -0.432. The molecule has 0 spiro atoms. The summed E-state index contributed by atoms with van der Waals surface area (Å²) in [6.45, 7) is 0.344. The molecule has 0 fully saturated rings. The molecular weight excluding hydrogens is 235 g/mol. The van der Waals surface area contributed by atoms with Crippen LogP contribution in [0.5, 0.6) is 0 Å². The molecule has 0 aromatic heterocycles. The molecule has 0 bridgehead atoms. The highest BCUT2D eigenvalue weighted by atomic mass is 32.2. The van der Waals surface area contributed by atoms with Crippen LogP contribution in [0, 0.1) is 5.92 Å². The van der Waals surface area contributed by atoms with Crippen molar-refractivity contribution in [2.24, 2.45) is 11.7 Å². The number of alkyl halides is 3. The lowest BCUT2D eigenvalue weighted by molar-refractivity contribution is -0.121. The normalized spacial score (nSPS) is 15.3. The maximum atomic E-state index is 11.7. The van der Waals surface area contributed by atoms with Crippen LogP contribution >= 0.6 is 0 Å². The largest absolute Gasteiger partial charge is 0.402 e. The van der Waals surface area contributed by atoms with Crippen molar-refractivity contribution < 1.29 is 21.6 Å². The number of halogens is 3. The van der Waals surface area contributed by atoms with Gasteiger partial charge in [0.25, 0.3) is 10.2 Å². The van der Waals surface area contributed by atoms with E-state index >= 15 is 0 Å². The minimum atomic E-state index is -4.56. The lowest BCUT2D eigenvalue weighted by Gasteiger charge is -2.12. The van der Waals surface area contributed by atoms with Crippen molar-refractivity contribution in [1.82, 2.24) is 9.44 Å². The number of hydrogen-bond acceptors (Lipinski definition) is 3. The van der Waals surface area contributed by atoms with Gasteiger partial charge in [-0.15, -0.1) is 0 Å². The van der Waals surface area contributed by atoms with Crippen molar-refractivity contribution in [3.63, 3.8) is 0 Å². The Balaban J connectivity index is 3.99. The highest BCUT2D eigenvalue weighted by Crippen LogP contribution is 2.12. The van der Waals surface area contributed by atoms with Gasteiger partial charge in [0.1, 0.15) is 6.54 Å². The molecule has 92 valence electrons. The Morgan fingerprint density at radius 2 is 1.87 bits per heavy atom. The van der Waals surface area contributed by atoms with Gasteiger partial charge in [-0.3, -0.25) is 0 Å². The van der Waals surface area contributed by atoms with Gasteiger partial charge in [0, 0.05) is 6.54 Å². The maximum absolute atomic E-state index is 11.7. The number of nitrogens with one attached hydrogen (secondary N) is 2. The molecule has 1 atom stereocenters. The summed E-state index contributed by atoms with van der Waals surface area (Å²) in [5.41, 5.74) is 5.21. The maximum Gasteiger partial charge on any atom is 0.402 e. The van der Waals surface area contributed by atoms with Crippen molar-refractivity contribution in [2.45, 2.75) is 13.1 Å². The molecule has 5 nitrogen and oxygen atoms in total. The van der Waals surface area contributed by atoms with E-state index < -0.39 is 22.9 Å². The third kappa shape index (κ3) is 8.60. The zero-order valence-electron chi connectivity index (χ0n) is 8.13. The molecule has 4 N–H and O–H groups in total. The molecule has 0 saturated carbocycles. The van der Waals surface area contributed by atoms with Gasteiger partial charge < -0.3 is 5.73 Å². The molecule has 15 heavy (non-hydrogen) atoms. The number of rotatable bonds is 6. The number of nitrogens with two attached hydrogens (primary N) is 1. The van der Waals surface area contributed by atoms with E-state index in [0.29, 0.717) is 0 Å². The van der Waals surface area contributed by atoms with E-state index in [-0.39, 0.29) is 19.0 Å². The molecule has 0 rings (SSSR count). The molecule has 0 aromatic carbocycles. The minimum absolute atomic E-state index is 0.00366. The van der Waals surface area contributed by atoms with E-state index in [9.17, 15) is 21.6 Å². The summed E-state index contributed by atoms with van der Waals surface area (Å²) in [6.07, 6.45) is -4.56. The number of hydrogen-bond donors (Lipinski definition) is 3. The van der Waals surface area contributed by atoms with E-state index in [2.05, 4.69) is 0 Å². The van der Waals surface area contributed by atoms with Gasteiger partial charge in [0.05, 0.1) is 0 Å². The van der Waals surface area contributed by atoms with Crippen LogP contribution in [0.1, 0.15) is 6.92 Å². The van der Waals surface area contributed by atoms with Crippen molar-refractivity contribution in [2.75, 3.05) is 19.6 Å². The van der Waals surface area contributed by atoms with E-state index in [1.807, 2.05) is 4.72 Å². The minimum Gasteiger partial charge on any atom is -0.330 e. The Hall–Kier alpha value is -0.380. The second-order valence-electron chi connectivity index (χ2n) is 3.13. The monoisotopic (exact) mass is 249 g/mol. The Kier molecular flexibility index (Phi) is 5.49. The van der Waals surface area contributed by atoms with Crippen LogP contribution in [-0.2, 0) is 10.2 Å². The lowest BCUT2D eigenvalue weighted by atomic mass is 10.2. The summed E-state index contributed by atoms with van der Waals surface area (Å²) >= 11 is 0. The summed E-state index contributed by atoms with van der Waals surface area (Å²) in [5, 5.41) is 0. The van der Waals surface area contributed by atoms with Crippen LogP contribution in [0.15, 0.2) is 0 Å². The topological polar surface area (TPSA) is 84.2 Å². The summed E-state index contributed by atoms with van der Waals surface area (Å²) < 4.78 is 60.2. The molecule has 0 saturated heterocycles. The molecule has 0 amide bonds. The third-order valence-corrected chi connectivity index (χ3v) is 2.56. The molecule has 0 aliphatic heterocycles. The smallest absolute Gasteiger partial charge is 0.330 e. The second kappa shape index (κ2) is 5.64. The summed E-state index contributed by atoms with van der Waals surface area (Å²) in [6, 6.07) is 0. The first kappa shape index (κ1) is 14.6. The quantitative estimate of drug-likeness (QED) is 0.597. The van der Waals surface area contributed by atoms with Gasteiger partial charge in [-0.05, 0) is 12.5 Å². The van der Waals surface area contributed by atoms with Gasteiger partial charge in [-0.2, -0.15) is 26.3 Å². The fraction of sp³-hybridized carbons (Fsp3) is 1.00. The van der Waals surface area contributed by atoms with Crippen LogP contribution in [-0.4, -0.2) is 34.2 Å². The molecule has 0 aliphatic carbocycles. The Labute approximate surface area is 86.4 Å². The van der Waals surface area contributed by atoms with Crippen LogP contribution < -0.4 is 15.2 Å². The molecule has 0 radical (unpaired) electrons. The van der Waals surface area contributed by atoms with Gasteiger partial charge in [0.2, 0.25) is 0 Å². The highest BCUT2D eigenvalue weighted by Gasteiger charge is 2.29. The van der Waals surface area contributed by atoms with E-state index in [1.54, 1.807) is 6.92 Å². The highest BCUT2D eigenvalue weighted by molar-refractivity contribution is 7.87. The fourth-order valence-corrected chi connectivity index (χ4v) is 1.52. The standard InChI is InChI=1S/C6H14F3N3O2S/c1-5(2-10)3-11-15(13,14)12-4-6(7,8)9/h5,11-12H,2-4,10H2,1H3. The molecule has 0 heterocycles. The van der Waals surface area contributed by atoms with Crippen LogP contribution in [0.3, 0.4) is 0 Å². The predicted molar refractivity (Wildman–Crippen MR) is 49.2 cm³/mol. The lowest BCUT2D eigenvalue weighted by Crippen LogP contribution is -2.43. The van der Waals surface area contributed by atoms with Crippen LogP contribution in [0.25, 0.3) is 0 Å². The van der Waals surface area contributed by atoms with Crippen LogP contribution in [0.2, 0.25) is 0 Å². The first-order valence-corrected chi connectivity index (χ1v) is 5.65. The van der Waals surface area contributed by atoms with Crippen molar-refractivity contribution >= 4 is 10.2 Å². The van der Waals surface area contributed by atoms with Gasteiger partial charge in [-0.25, -0.2) is 4.72 Å². The molecule has 0 aromatic rings. The van der Waals surface area contributed by atoms with Gasteiger partial charge in [-0.1, -0.05) is 6.92 Å². The molecule has 0 aliphatic rings. The molecule has 9 heteroatoms. The Morgan fingerprint density at radius 1 is 1.33 bits per heavy atom. The van der Waals surface area contributed by atoms with E-state index in [1.165, 1.54) is 4.72 Å². The summed E-state index contributed by atoms with van der Waals surface area (Å²) in [5.74, 6) is -0.132. The first-order valence-electron chi connectivity index (χ1n) is 4.17. The fourth-order valence-electron chi connectivity index (χ4n) is 0.563. The summed E-state index contributed by atoms with van der Waals surface area (Å²) in [4.78, 5) is 0. The average Bonchev–Trinajstić information content (AvgIpc) is 2.10. The van der Waals surface area contributed by atoms with Crippen molar-refractivity contribution in [3.05, 3.63) is 0 Å². The Bertz CT molecular complexity index is 278. The SMILES string of the molecule is CC(CN)CNS(=O)(=O)NCC(F)(F)F. The van der Waals surface area contributed by atoms with E-state index in [4.69, 9.17) is 5.73 Å². The zero-order valence-corrected chi connectivity index (χ0v) is 8.95. The van der Waals surface area contributed by atoms with Gasteiger partial charge in [0.15, 0.2) is 0 Å². The molecular formula is C6H14F3N3O2S. The van der Waals surface area contributed by atoms with Gasteiger partial charge >= 0.3 is 6.18 Å². The average molecular weight is 249 g/mol. The van der Waals surface area contributed by atoms with Crippen molar-refractivity contribution in [3.8, 4) is 0 Å². The second-order valence-corrected chi connectivity index (χ2v) is 4.71. The molecule has 1 unspecified atom stereocenters.